The maximum Gasteiger partial charge on any atom is 0.287 e. The van der Waals surface area contributed by atoms with E-state index in [4.69, 9.17) is 19.9 Å². The van der Waals surface area contributed by atoms with E-state index in [-0.39, 0.29) is 11.4 Å². The molecule has 10 heterocycles. The summed E-state index contributed by atoms with van der Waals surface area (Å²) in [6.07, 6.45) is 16.6. The average Bonchev–Trinajstić information content (AvgIpc) is 1.64. The van der Waals surface area contributed by atoms with E-state index in [1.165, 1.54) is 0 Å². The fourth-order valence-corrected chi connectivity index (χ4v) is 14.2. The Labute approximate surface area is 574 Å². The van der Waals surface area contributed by atoms with Gasteiger partial charge in [-0.25, -0.2) is 19.9 Å². The number of hydrogen-bond donors (Lipinski definition) is 4. The van der Waals surface area contributed by atoms with Gasteiger partial charge in [-0.2, -0.15) is 0 Å². The molecule has 6 aromatic heterocycles. The molecule has 8 aromatic carbocycles. The van der Waals surface area contributed by atoms with E-state index >= 15 is 0 Å². The monoisotopic (exact) mass is 1290 g/mol. The van der Waals surface area contributed by atoms with E-state index < -0.39 is 0 Å². The first-order chi connectivity index (χ1) is 49.4. The Balaban J connectivity index is 0.773. The minimum Gasteiger partial charge on any atom is -0.561 e. The van der Waals surface area contributed by atoms with Crippen molar-refractivity contribution < 1.29 is 9.72 Å². The van der Waals surface area contributed by atoms with Gasteiger partial charge in [0.05, 0.1) is 55.3 Å². The number of nitrogens with one attached hydrogen (secondary N) is 4. The first-order valence-corrected chi connectivity index (χ1v) is 33.2. The number of rotatable bonds is 10. The fourth-order valence-electron chi connectivity index (χ4n) is 14.2. The van der Waals surface area contributed by atoms with Crippen LogP contribution in [0.2, 0.25) is 0 Å². The average molecular weight is 1290 g/mol. The molecule has 4 aliphatic rings. The number of azo groups is 1. The lowest BCUT2D eigenvalue weighted by Gasteiger charge is -2.08. The predicted octanol–water partition coefficient (Wildman–Crippen LogP) is 22.4. The number of nitrogens with zero attached hydrogens (tertiary/aromatic N) is 6. The molecule has 18 rings (SSSR count). The van der Waals surface area contributed by atoms with Gasteiger partial charge < -0.3 is 30.4 Å². The highest BCUT2D eigenvalue weighted by Crippen LogP contribution is 2.42. The molecule has 0 saturated carbocycles. The third kappa shape index (κ3) is 10.6. The van der Waals surface area contributed by atoms with Crippen LogP contribution >= 0.6 is 0 Å². The van der Waals surface area contributed by atoms with E-state index in [0.29, 0.717) is 21.1 Å². The molecular formula is C88H58N10O2. The van der Waals surface area contributed by atoms with E-state index in [1.54, 1.807) is 24.3 Å². The van der Waals surface area contributed by atoms with Gasteiger partial charge >= 0.3 is 0 Å². The van der Waals surface area contributed by atoms with E-state index in [9.17, 15) is 10.4 Å². The van der Waals surface area contributed by atoms with Gasteiger partial charge in [0.25, 0.3) is 11.4 Å². The van der Waals surface area contributed by atoms with Crippen LogP contribution in [0.15, 0.2) is 279 Å². The highest BCUT2D eigenvalue weighted by molar-refractivity contribution is 6.03. The van der Waals surface area contributed by atoms with Gasteiger partial charge in [0.2, 0.25) is 0 Å². The lowest BCUT2D eigenvalue weighted by molar-refractivity contribution is -0.896. The molecule has 4 aliphatic heterocycles. The van der Waals surface area contributed by atoms with Crippen LogP contribution in [0, 0.1) is 10.4 Å². The van der Waals surface area contributed by atoms with Gasteiger partial charge in [-0.05, 0) is 166 Å². The van der Waals surface area contributed by atoms with Gasteiger partial charge in [0, 0.05) is 113 Å². The van der Waals surface area contributed by atoms with Gasteiger partial charge in [-0.15, -0.1) is 0 Å². The topological polar surface area (TPSA) is 167 Å². The van der Waals surface area contributed by atoms with Crippen molar-refractivity contribution >= 4 is 104 Å². The smallest absolute Gasteiger partial charge is 0.287 e. The number of aromatic amines is 4. The second kappa shape index (κ2) is 24.7. The summed E-state index contributed by atoms with van der Waals surface area (Å²) in [5.41, 5.74) is 28.2. The molecule has 16 bridgehead atoms. The van der Waals surface area contributed by atoms with Crippen LogP contribution in [0.1, 0.15) is 45.6 Å². The molecule has 0 radical (unpaired) electrons. The molecule has 100 heavy (non-hydrogen) atoms. The maximum absolute atomic E-state index is 14.5. The SMILES string of the molecule is [O-]/[N+](c1ccc(-c2c3nc(c(-c4ccccc4)c4ccc([nH]4)c(-c4ccccc4)c4nc(c(-c5ccccc5)c5ccc2[nH]5)C=C4)C=C3)cc1)=[N+](/[O-])c1ccc(-c2c3nc(c(-c4ccccc4)c4ccc([nH]4)c(-c4ccccc4)c4nc(c(-c5ccccc5)c5ccc2[nH]5)C=C4)C=C3)cc1. The van der Waals surface area contributed by atoms with Gasteiger partial charge in [0.1, 0.15) is 0 Å². The predicted molar refractivity (Wildman–Crippen MR) is 408 cm³/mol. The fraction of sp³-hybridized carbons (Fsp3) is 0. The second-order valence-electron chi connectivity index (χ2n) is 24.8. The maximum atomic E-state index is 14.5. The van der Waals surface area contributed by atoms with Crippen LogP contribution in [0.25, 0.3) is 182 Å². The molecule has 0 spiro atoms. The van der Waals surface area contributed by atoms with E-state index in [1.807, 2.05) is 121 Å². The van der Waals surface area contributed by atoms with Crippen molar-refractivity contribution in [3.05, 3.63) is 335 Å². The van der Waals surface area contributed by atoms with Crippen molar-refractivity contribution in [1.29, 1.82) is 0 Å². The van der Waals surface area contributed by atoms with Crippen LogP contribution in [-0.2, 0) is 0 Å². The molecule has 4 N–H and O–H groups in total. The minimum atomic E-state index is 0.136. The van der Waals surface area contributed by atoms with E-state index in [0.717, 1.165) is 167 Å². The van der Waals surface area contributed by atoms with Crippen molar-refractivity contribution in [3.63, 3.8) is 0 Å². The lowest BCUT2D eigenvalue weighted by Crippen LogP contribution is -2.08. The van der Waals surface area contributed by atoms with Gasteiger partial charge in [0.15, 0.2) is 0 Å². The summed E-state index contributed by atoms with van der Waals surface area (Å²) < 4.78 is 0. The Kier molecular flexibility index (Phi) is 14.5. The van der Waals surface area contributed by atoms with Crippen LogP contribution in [0.3, 0.4) is 0 Å². The zero-order valence-corrected chi connectivity index (χ0v) is 53.7. The Morgan fingerprint density at radius 3 is 0.490 bits per heavy atom. The molecule has 12 nitrogen and oxygen atoms in total. The highest BCUT2D eigenvalue weighted by Gasteiger charge is 2.24. The quantitative estimate of drug-likeness (QED) is 0.0604. The van der Waals surface area contributed by atoms with Crippen molar-refractivity contribution in [3.8, 4) is 89.0 Å². The molecular weight excluding hydrogens is 1230 g/mol. The highest BCUT2D eigenvalue weighted by atomic mass is 16.6. The molecule has 0 saturated heterocycles. The molecule has 14 aromatic rings. The largest absolute Gasteiger partial charge is 0.561 e. The molecule has 472 valence electrons. The van der Waals surface area contributed by atoms with Crippen LogP contribution in [0.5, 0.6) is 0 Å². The Morgan fingerprint density at radius 2 is 0.330 bits per heavy atom. The number of H-pyrrole nitrogens is 4. The summed E-state index contributed by atoms with van der Waals surface area (Å²) >= 11 is 0. The molecule has 12 heteroatoms. The van der Waals surface area contributed by atoms with Gasteiger partial charge in [-0.3, -0.25) is 0 Å². The zero-order chi connectivity index (χ0) is 66.6. The Bertz CT molecular complexity index is 5660. The molecule has 0 unspecified atom stereocenters. The Hall–Kier alpha value is -13.8. The number of benzene rings is 8. The summed E-state index contributed by atoms with van der Waals surface area (Å²) in [5.74, 6) is 0. The first-order valence-electron chi connectivity index (χ1n) is 33.2. The van der Waals surface area contributed by atoms with Crippen molar-refractivity contribution in [1.82, 2.24) is 39.9 Å². The minimum absolute atomic E-state index is 0.136. The molecule has 0 aliphatic carbocycles. The summed E-state index contributed by atoms with van der Waals surface area (Å²) in [6, 6.07) is 93.0. The van der Waals surface area contributed by atoms with Crippen LogP contribution < -0.4 is 0 Å². The van der Waals surface area contributed by atoms with Crippen LogP contribution in [0.4, 0.5) is 11.4 Å². The number of aromatic nitrogens is 8. The number of hydrogen-bond acceptors (Lipinski definition) is 6. The van der Waals surface area contributed by atoms with Gasteiger partial charge in [-0.1, -0.05) is 182 Å². The number of fused-ring (bicyclic) bond motifs is 16. The lowest BCUT2D eigenvalue weighted by atomic mass is 10.0. The summed E-state index contributed by atoms with van der Waals surface area (Å²) in [7, 11) is 0. The van der Waals surface area contributed by atoms with E-state index in [2.05, 4.69) is 202 Å². The second-order valence-corrected chi connectivity index (χ2v) is 24.8. The summed E-state index contributed by atoms with van der Waals surface area (Å²) in [6.45, 7) is 0. The third-order valence-electron chi connectivity index (χ3n) is 18.8. The zero-order valence-electron chi connectivity index (χ0n) is 53.7. The third-order valence-corrected chi connectivity index (χ3v) is 18.8. The van der Waals surface area contributed by atoms with Crippen molar-refractivity contribution in [2.45, 2.75) is 0 Å². The van der Waals surface area contributed by atoms with Crippen molar-refractivity contribution in [2.75, 3.05) is 0 Å². The normalized spacial score (nSPS) is 12.5. The first kappa shape index (κ1) is 58.7. The molecule has 0 atom stereocenters. The summed E-state index contributed by atoms with van der Waals surface area (Å²) in [4.78, 5) is 37.8. The molecule has 0 amide bonds. The Morgan fingerprint density at radius 1 is 0.180 bits per heavy atom. The van der Waals surface area contributed by atoms with Crippen molar-refractivity contribution in [2.24, 2.45) is 0 Å². The van der Waals surface area contributed by atoms with Crippen LogP contribution in [-0.4, -0.2) is 49.6 Å². The standard InChI is InChI=1S/C88H58N10O2/c99-97(63-35-31-61(32-36-63)87-77-51-47-73(93-77)83(57-23-11-3-12-24-57)69-43-39-65(89-69)81(55-19-7-1-8-20-55)66-40-44-70(90-66)84(58-25-13-4-14-26-58)74-48-52-78(87)94-74)98(100)64-37-33-62(34-38-64)88-79-53-49-75(95-79)85(59-27-15-5-16-28-59)71-45-41-67(91-71)82(56-21-9-2-10-22-56)68-42-46-72(92-68)86(60-29-17-6-18-30-60)76-50-54-80(88)96-76/h1-54,89,91,94,96H/b81-65?,81-66?,82-67?,82-68?,83-69?,83-73?,84-70?,84-74?,85-71?,85-75?,86-72?,86-76?,87-77?,87-78?,88-79?,88-80?,98-97+. The summed E-state index contributed by atoms with van der Waals surface area (Å²) in [5, 5.41) is 29.1. The molecule has 0 fully saturated rings.